The fraction of sp³-hybridized carbons (Fsp3) is 1.00. The van der Waals surface area contributed by atoms with E-state index in [1.54, 1.807) is 4.90 Å². The molecule has 0 aromatic carbocycles. The number of hydrogen-bond acceptors (Lipinski definition) is 0. The largest absolute Gasteiger partial charge is 1.00 e. The predicted molar refractivity (Wildman–Crippen MR) is 78.8 cm³/mol. The Morgan fingerprint density at radius 1 is 0.556 bits per heavy atom. The van der Waals surface area contributed by atoms with Gasteiger partial charge < -0.3 is 9.60 Å². The van der Waals surface area contributed by atoms with Gasteiger partial charge >= 0.3 is 0 Å². The second-order valence-corrected chi connectivity index (χ2v) is 5.39. The van der Waals surface area contributed by atoms with Crippen LogP contribution in [-0.2, 0) is 0 Å². The summed E-state index contributed by atoms with van der Waals surface area (Å²) in [5, 5.41) is 0. The quantitative estimate of drug-likeness (QED) is 0.469. The average molecular weight is 261 g/mol. The normalized spacial score (nSPS) is 10.7. The van der Waals surface area contributed by atoms with E-state index in [0.717, 1.165) is 0 Å². The number of nitrogens with one attached hydrogen (secondary N) is 1. The van der Waals surface area contributed by atoms with Gasteiger partial charge in [-0.05, 0) is 26.7 Å². The third kappa shape index (κ3) is 14.0. The molecular weight excluding hydrogens is 225 g/mol. The highest BCUT2D eigenvalue weighted by molar-refractivity contribution is 4.47. The van der Waals surface area contributed by atoms with Crippen molar-refractivity contribution in [3.63, 3.8) is 0 Å². The average Bonchev–Trinajstić information content (AvgIpc) is 2.36. The van der Waals surface area contributed by atoms with E-state index >= 15 is 0 Å². The first-order chi connectivity index (χ1) is 8.35. The van der Waals surface area contributed by atoms with Gasteiger partial charge in [-0.25, -0.2) is 0 Å². The van der Waals surface area contributed by atoms with Gasteiger partial charge in [0.15, 0.2) is 0 Å². The Balaban J connectivity index is 0. The van der Waals surface area contributed by atoms with Crippen molar-refractivity contribution in [2.45, 2.75) is 85.0 Å². The molecule has 0 spiro atoms. The third-order valence-electron chi connectivity index (χ3n) is 3.88. The monoisotopic (exact) mass is 261 g/mol. The first-order valence-electron chi connectivity index (χ1n) is 8.18. The molecule has 0 saturated carbocycles. The highest BCUT2D eigenvalue weighted by atomic mass is 19.0. The fourth-order valence-electron chi connectivity index (χ4n) is 2.47. The Bertz CT molecular complexity index is 135. The van der Waals surface area contributed by atoms with Crippen LogP contribution in [0.4, 0.5) is 0 Å². The lowest BCUT2D eigenvalue weighted by Crippen LogP contribution is -3.11. The molecule has 0 amide bonds. The number of halogens is 1. The molecular formula is C16H36FN. The summed E-state index contributed by atoms with van der Waals surface area (Å²) in [5.41, 5.74) is 0. The second kappa shape index (κ2) is 16.9. The standard InChI is InChI=1S/C16H35N.FH/c1-4-7-8-9-10-11-12-13-14-15-16-17(5-2)6-3;/h4-16H2,1-3H3;1H. The molecule has 2 heteroatoms. The van der Waals surface area contributed by atoms with Crippen LogP contribution < -0.4 is 9.60 Å². The Kier molecular flexibility index (Phi) is 19.0. The molecule has 0 rings (SSSR count). The number of rotatable bonds is 13. The second-order valence-electron chi connectivity index (χ2n) is 5.39. The van der Waals surface area contributed by atoms with E-state index in [4.69, 9.17) is 0 Å². The van der Waals surface area contributed by atoms with Crippen LogP contribution in [0.2, 0.25) is 0 Å². The van der Waals surface area contributed by atoms with Crippen molar-refractivity contribution < 1.29 is 9.60 Å². The molecule has 0 radical (unpaired) electrons. The van der Waals surface area contributed by atoms with E-state index in [9.17, 15) is 0 Å². The van der Waals surface area contributed by atoms with Crippen LogP contribution in [0.1, 0.15) is 85.0 Å². The summed E-state index contributed by atoms with van der Waals surface area (Å²) in [6, 6.07) is 0. The van der Waals surface area contributed by atoms with Gasteiger partial charge in [0, 0.05) is 0 Å². The maximum atomic E-state index is 2.30. The van der Waals surface area contributed by atoms with Crippen LogP contribution in [0, 0.1) is 0 Å². The minimum Gasteiger partial charge on any atom is -1.00 e. The van der Waals surface area contributed by atoms with E-state index in [1.807, 2.05) is 0 Å². The van der Waals surface area contributed by atoms with Crippen molar-refractivity contribution in [1.82, 2.24) is 0 Å². The molecule has 0 aliphatic carbocycles. The molecule has 0 aromatic rings. The topological polar surface area (TPSA) is 4.44 Å². The molecule has 0 aliphatic heterocycles. The smallest absolute Gasteiger partial charge is 0.0770 e. The van der Waals surface area contributed by atoms with Crippen LogP contribution in [-0.4, -0.2) is 19.6 Å². The van der Waals surface area contributed by atoms with Crippen LogP contribution in [0.3, 0.4) is 0 Å². The van der Waals surface area contributed by atoms with Gasteiger partial charge in [-0.15, -0.1) is 0 Å². The van der Waals surface area contributed by atoms with Crippen molar-refractivity contribution >= 4 is 0 Å². The molecule has 0 aromatic heterocycles. The maximum absolute atomic E-state index is 2.30. The molecule has 0 bridgehead atoms. The van der Waals surface area contributed by atoms with Crippen molar-refractivity contribution in [2.24, 2.45) is 0 Å². The molecule has 0 aliphatic rings. The van der Waals surface area contributed by atoms with E-state index in [-0.39, 0.29) is 4.70 Å². The number of quaternary nitrogens is 1. The minimum absolute atomic E-state index is 0. The number of hydrogen-bond donors (Lipinski definition) is 1. The van der Waals surface area contributed by atoms with Gasteiger partial charge in [-0.3, -0.25) is 0 Å². The van der Waals surface area contributed by atoms with Crippen molar-refractivity contribution in [3.05, 3.63) is 0 Å². The summed E-state index contributed by atoms with van der Waals surface area (Å²) in [5.74, 6) is 0. The zero-order valence-electron chi connectivity index (χ0n) is 13.1. The molecule has 0 unspecified atom stereocenters. The van der Waals surface area contributed by atoms with Gasteiger partial charge in [-0.1, -0.05) is 58.3 Å². The lowest BCUT2D eigenvalue weighted by Gasteiger charge is -2.14. The minimum atomic E-state index is 0. The van der Waals surface area contributed by atoms with Crippen molar-refractivity contribution in [3.8, 4) is 0 Å². The van der Waals surface area contributed by atoms with Gasteiger partial charge in [-0.2, -0.15) is 0 Å². The molecule has 0 atom stereocenters. The molecule has 0 heterocycles. The summed E-state index contributed by atoms with van der Waals surface area (Å²) >= 11 is 0. The van der Waals surface area contributed by atoms with Crippen LogP contribution in [0.5, 0.6) is 0 Å². The van der Waals surface area contributed by atoms with E-state index in [1.165, 1.54) is 83.8 Å². The van der Waals surface area contributed by atoms with E-state index in [0.29, 0.717) is 0 Å². The van der Waals surface area contributed by atoms with Crippen LogP contribution in [0.25, 0.3) is 0 Å². The Labute approximate surface area is 115 Å². The summed E-state index contributed by atoms with van der Waals surface area (Å²) < 4.78 is 0. The third-order valence-corrected chi connectivity index (χ3v) is 3.88. The fourth-order valence-corrected chi connectivity index (χ4v) is 2.47. The molecule has 1 N–H and O–H groups in total. The summed E-state index contributed by atoms with van der Waals surface area (Å²) in [6.07, 6.45) is 14.5. The summed E-state index contributed by atoms with van der Waals surface area (Å²) in [7, 11) is 0. The zero-order chi connectivity index (χ0) is 12.8. The van der Waals surface area contributed by atoms with Crippen LogP contribution >= 0.6 is 0 Å². The highest BCUT2D eigenvalue weighted by Gasteiger charge is 2.00. The SMILES string of the molecule is CCCCCCCCCCCC[NH+](CC)CC.[F-]. The summed E-state index contributed by atoms with van der Waals surface area (Å²) in [4.78, 5) is 1.77. The first-order valence-corrected chi connectivity index (χ1v) is 8.18. The first kappa shape index (κ1) is 20.2. The lowest BCUT2D eigenvalue weighted by molar-refractivity contribution is -0.896. The molecule has 112 valence electrons. The zero-order valence-corrected chi connectivity index (χ0v) is 13.1. The number of unbranched alkanes of at least 4 members (excludes halogenated alkanes) is 9. The van der Waals surface area contributed by atoms with Gasteiger partial charge in [0.25, 0.3) is 0 Å². The predicted octanol–water partition coefficient (Wildman–Crippen LogP) is 0.836. The van der Waals surface area contributed by atoms with Gasteiger partial charge in [0.1, 0.15) is 0 Å². The highest BCUT2D eigenvalue weighted by Crippen LogP contribution is 2.09. The maximum Gasteiger partial charge on any atom is 0.0770 e. The Morgan fingerprint density at radius 3 is 1.33 bits per heavy atom. The lowest BCUT2D eigenvalue weighted by atomic mass is 10.1. The summed E-state index contributed by atoms with van der Waals surface area (Å²) in [6.45, 7) is 10.9. The Morgan fingerprint density at radius 2 is 0.944 bits per heavy atom. The van der Waals surface area contributed by atoms with E-state index < -0.39 is 0 Å². The molecule has 1 nitrogen and oxygen atoms in total. The molecule has 18 heavy (non-hydrogen) atoms. The van der Waals surface area contributed by atoms with Gasteiger partial charge in [0.2, 0.25) is 0 Å². The molecule has 0 saturated heterocycles. The van der Waals surface area contributed by atoms with Crippen molar-refractivity contribution in [1.29, 1.82) is 0 Å². The van der Waals surface area contributed by atoms with E-state index in [2.05, 4.69) is 20.8 Å². The van der Waals surface area contributed by atoms with Crippen molar-refractivity contribution in [2.75, 3.05) is 19.6 Å². The van der Waals surface area contributed by atoms with Gasteiger partial charge in [0.05, 0.1) is 19.6 Å². The molecule has 0 fully saturated rings. The Hall–Kier alpha value is -0.110. The van der Waals surface area contributed by atoms with Crippen LogP contribution in [0.15, 0.2) is 0 Å².